The Kier molecular flexibility index (Phi) is 7.63. The molecule has 5 heteroatoms. The standard InChI is InChI=1S/C18H35N3O2/c1-15-6-4-5-7-17(15)23-13-10-19-18(22)21(3)14-16-8-11-20(2)12-9-16/h15-17H,4-14H2,1-3H3,(H,19,22)/t15-,17-/m1/s1. The number of amides is 2. The fourth-order valence-electron chi connectivity index (χ4n) is 3.75. The molecule has 1 aliphatic carbocycles. The first kappa shape index (κ1) is 18.5. The summed E-state index contributed by atoms with van der Waals surface area (Å²) in [4.78, 5) is 16.3. The molecule has 0 bridgehead atoms. The quantitative estimate of drug-likeness (QED) is 0.764. The normalized spacial score (nSPS) is 26.9. The van der Waals surface area contributed by atoms with Crippen LogP contribution in [0.1, 0.15) is 45.4 Å². The highest BCUT2D eigenvalue weighted by atomic mass is 16.5. The minimum absolute atomic E-state index is 0.0317. The summed E-state index contributed by atoms with van der Waals surface area (Å²) in [7, 11) is 4.07. The van der Waals surface area contributed by atoms with Gasteiger partial charge in [-0.05, 0) is 57.7 Å². The van der Waals surface area contributed by atoms with E-state index in [1.807, 2.05) is 11.9 Å². The number of rotatable bonds is 6. The minimum Gasteiger partial charge on any atom is -0.376 e. The predicted molar refractivity (Wildman–Crippen MR) is 93.6 cm³/mol. The molecule has 0 aromatic heterocycles. The highest BCUT2D eigenvalue weighted by Crippen LogP contribution is 2.26. The lowest BCUT2D eigenvalue weighted by molar-refractivity contribution is -0.00270. The molecule has 2 rings (SSSR count). The second-order valence-corrected chi connectivity index (χ2v) is 7.53. The van der Waals surface area contributed by atoms with Gasteiger partial charge in [-0.25, -0.2) is 4.79 Å². The van der Waals surface area contributed by atoms with Gasteiger partial charge < -0.3 is 19.9 Å². The Hall–Kier alpha value is -0.810. The van der Waals surface area contributed by atoms with Gasteiger partial charge in [-0.15, -0.1) is 0 Å². The molecule has 134 valence electrons. The van der Waals surface area contributed by atoms with E-state index in [1.165, 1.54) is 38.5 Å². The Bertz CT molecular complexity index is 356. The van der Waals surface area contributed by atoms with E-state index in [2.05, 4.69) is 24.2 Å². The van der Waals surface area contributed by atoms with Crippen LogP contribution in [0, 0.1) is 11.8 Å². The lowest BCUT2D eigenvalue weighted by Gasteiger charge is -2.31. The molecule has 2 fully saturated rings. The van der Waals surface area contributed by atoms with Gasteiger partial charge in [0, 0.05) is 20.1 Å². The Morgan fingerprint density at radius 2 is 1.91 bits per heavy atom. The summed E-state index contributed by atoms with van der Waals surface area (Å²) >= 11 is 0. The molecule has 2 amide bonds. The van der Waals surface area contributed by atoms with E-state index in [9.17, 15) is 4.79 Å². The molecule has 0 aromatic carbocycles. The van der Waals surface area contributed by atoms with Gasteiger partial charge in [0.25, 0.3) is 0 Å². The molecule has 2 aliphatic rings. The van der Waals surface area contributed by atoms with Crippen molar-refractivity contribution in [3.8, 4) is 0 Å². The molecule has 23 heavy (non-hydrogen) atoms. The molecule has 0 spiro atoms. The van der Waals surface area contributed by atoms with Crippen molar-refractivity contribution in [1.82, 2.24) is 15.1 Å². The van der Waals surface area contributed by atoms with Crippen LogP contribution in [0.25, 0.3) is 0 Å². The first-order valence-corrected chi connectivity index (χ1v) is 9.35. The number of urea groups is 1. The van der Waals surface area contributed by atoms with Crippen molar-refractivity contribution in [2.45, 2.75) is 51.6 Å². The smallest absolute Gasteiger partial charge is 0.317 e. The molecule has 1 saturated heterocycles. The van der Waals surface area contributed by atoms with E-state index in [1.54, 1.807) is 0 Å². The maximum atomic E-state index is 12.1. The summed E-state index contributed by atoms with van der Waals surface area (Å²) in [5.74, 6) is 1.30. The van der Waals surface area contributed by atoms with E-state index < -0.39 is 0 Å². The lowest BCUT2D eigenvalue weighted by Crippen LogP contribution is -2.43. The summed E-state index contributed by atoms with van der Waals surface area (Å²) in [5, 5.41) is 2.99. The van der Waals surface area contributed by atoms with Crippen LogP contribution in [0.5, 0.6) is 0 Å². The maximum absolute atomic E-state index is 12.1. The summed E-state index contributed by atoms with van der Waals surface area (Å²) in [6.07, 6.45) is 7.83. The first-order valence-electron chi connectivity index (χ1n) is 9.35. The second-order valence-electron chi connectivity index (χ2n) is 7.53. The first-order chi connectivity index (χ1) is 11.1. The van der Waals surface area contributed by atoms with Gasteiger partial charge in [0.05, 0.1) is 12.7 Å². The van der Waals surface area contributed by atoms with Gasteiger partial charge >= 0.3 is 6.03 Å². The molecule has 1 heterocycles. The third kappa shape index (κ3) is 6.30. The van der Waals surface area contributed by atoms with Crippen LogP contribution in [-0.2, 0) is 4.74 Å². The molecule has 1 N–H and O–H groups in total. The van der Waals surface area contributed by atoms with Crippen LogP contribution >= 0.6 is 0 Å². The van der Waals surface area contributed by atoms with Crippen molar-refractivity contribution in [3.63, 3.8) is 0 Å². The van der Waals surface area contributed by atoms with Gasteiger partial charge in [-0.1, -0.05) is 19.8 Å². The van der Waals surface area contributed by atoms with Gasteiger partial charge in [0.1, 0.15) is 0 Å². The zero-order valence-electron chi connectivity index (χ0n) is 15.2. The molecule has 0 unspecified atom stereocenters. The Balaban J connectivity index is 1.56. The number of piperidine rings is 1. The zero-order valence-corrected chi connectivity index (χ0v) is 15.2. The largest absolute Gasteiger partial charge is 0.376 e. The van der Waals surface area contributed by atoms with Crippen molar-refractivity contribution < 1.29 is 9.53 Å². The van der Waals surface area contributed by atoms with Crippen molar-refractivity contribution in [1.29, 1.82) is 0 Å². The van der Waals surface area contributed by atoms with Crippen LogP contribution in [0.15, 0.2) is 0 Å². The average Bonchev–Trinajstić information content (AvgIpc) is 2.55. The van der Waals surface area contributed by atoms with E-state index in [4.69, 9.17) is 4.74 Å². The molecule has 2 atom stereocenters. The van der Waals surface area contributed by atoms with Crippen LogP contribution in [0.3, 0.4) is 0 Å². The van der Waals surface area contributed by atoms with Gasteiger partial charge in [0.15, 0.2) is 0 Å². The fourth-order valence-corrected chi connectivity index (χ4v) is 3.75. The molecule has 0 aromatic rings. The minimum atomic E-state index is 0.0317. The molecular weight excluding hydrogens is 290 g/mol. The number of carbonyl (C=O) groups is 1. The molecular formula is C18H35N3O2. The SMILES string of the molecule is C[C@@H]1CCCC[C@H]1OCCNC(=O)N(C)CC1CCN(C)CC1. The van der Waals surface area contributed by atoms with E-state index in [0.717, 1.165) is 19.6 Å². The number of carbonyl (C=O) groups excluding carboxylic acids is 1. The van der Waals surface area contributed by atoms with Crippen LogP contribution in [0.4, 0.5) is 4.79 Å². The monoisotopic (exact) mass is 325 g/mol. The van der Waals surface area contributed by atoms with Crippen LogP contribution < -0.4 is 5.32 Å². The van der Waals surface area contributed by atoms with Gasteiger partial charge in [0.2, 0.25) is 0 Å². The highest BCUT2D eigenvalue weighted by Gasteiger charge is 2.22. The Morgan fingerprint density at radius 1 is 1.22 bits per heavy atom. The molecule has 5 nitrogen and oxygen atoms in total. The van der Waals surface area contributed by atoms with E-state index in [-0.39, 0.29) is 6.03 Å². The maximum Gasteiger partial charge on any atom is 0.317 e. The highest BCUT2D eigenvalue weighted by molar-refractivity contribution is 5.73. The van der Waals surface area contributed by atoms with Gasteiger partial charge in [-0.2, -0.15) is 0 Å². The topological polar surface area (TPSA) is 44.8 Å². The predicted octanol–water partition coefficient (Wildman–Crippen LogP) is 2.56. The van der Waals surface area contributed by atoms with Crippen molar-refractivity contribution in [2.75, 3.05) is 46.9 Å². The Labute approximate surface area is 141 Å². The molecule has 1 aliphatic heterocycles. The summed E-state index contributed by atoms with van der Waals surface area (Å²) in [6, 6.07) is 0.0317. The number of ether oxygens (including phenoxy) is 1. The van der Waals surface area contributed by atoms with Crippen LogP contribution in [0.2, 0.25) is 0 Å². The number of hydrogen-bond acceptors (Lipinski definition) is 3. The van der Waals surface area contributed by atoms with Gasteiger partial charge in [-0.3, -0.25) is 0 Å². The molecule has 1 saturated carbocycles. The number of hydrogen-bond donors (Lipinski definition) is 1. The number of nitrogens with one attached hydrogen (secondary N) is 1. The third-order valence-electron chi connectivity index (χ3n) is 5.46. The lowest BCUT2D eigenvalue weighted by atomic mass is 9.88. The zero-order chi connectivity index (χ0) is 16.7. The second kappa shape index (κ2) is 9.48. The van der Waals surface area contributed by atoms with Crippen molar-refractivity contribution in [3.05, 3.63) is 0 Å². The Morgan fingerprint density at radius 3 is 2.61 bits per heavy atom. The summed E-state index contributed by atoms with van der Waals surface area (Å²) in [5.41, 5.74) is 0. The third-order valence-corrected chi connectivity index (χ3v) is 5.46. The summed E-state index contributed by atoms with van der Waals surface area (Å²) < 4.78 is 5.95. The van der Waals surface area contributed by atoms with Crippen molar-refractivity contribution >= 4 is 6.03 Å². The van der Waals surface area contributed by atoms with E-state index >= 15 is 0 Å². The average molecular weight is 325 g/mol. The van der Waals surface area contributed by atoms with E-state index in [0.29, 0.717) is 31.1 Å². The fraction of sp³-hybridized carbons (Fsp3) is 0.944. The number of nitrogens with zero attached hydrogens (tertiary/aromatic N) is 2. The van der Waals surface area contributed by atoms with Crippen LogP contribution in [-0.4, -0.2) is 68.8 Å². The molecule has 0 radical (unpaired) electrons. The summed E-state index contributed by atoms with van der Waals surface area (Å²) in [6.45, 7) is 6.67. The number of likely N-dealkylation sites (tertiary alicyclic amines) is 1. The van der Waals surface area contributed by atoms with Crippen molar-refractivity contribution in [2.24, 2.45) is 11.8 Å².